The van der Waals surface area contributed by atoms with Crippen LogP contribution in [0.25, 0.3) is 0 Å². The van der Waals surface area contributed by atoms with Crippen LogP contribution in [0.4, 0.5) is 11.4 Å². The Hall–Kier alpha value is -2.29. The van der Waals surface area contributed by atoms with Gasteiger partial charge in [-0.1, -0.05) is 29.3 Å². The van der Waals surface area contributed by atoms with Gasteiger partial charge >= 0.3 is 5.97 Å². The number of amides is 1. The number of esters is 1. The van der Waals surface area contributed by atoms with Gasteiger partial charge in [0.15, 0.2) is 0 Å². The Morgan fingerprint density at radius 3 is 2.45 bits per heavy atom. The Labute approximate surface area is 192 Å². The zero-order valence-electron chi connectivity index (χ0n) is 17.4. The van der Waals surface area contributed by atoms with Crippen molar-refractivity contribution in [3.8, 4) is 0 Å². The minimum atomic E-state index is -3.56. The second kappa shape index (κ2) is 10.8. The van der Waals surface area contributed by atoms with Crippen LogP contribution < -0.4 is 9.62 Å². The number of hydrogen-bond donors (Lipinski definition) is 1. The van der Waals surface area contributed by atoms with E-state index in [4.69, 9.17) is 27.9 Å². The molecule has 0 atom stereocenters. The van der Waals surface area contributed by atoms with E-state index >= 15 is 0 Å². The highest BCUT2D eigenvalue weighted by molar-refractivity contribution is 7.92. The van der Waals surface area contributed by atoms with Crippen molar-refractivity contribution in [2.45, 2.75) is 26.7 Å². The van der Waals surface area contributed by atoms with Crippen LogP contribution in [-0.2, 0) is 19.6 Å². The summed E-state index contributed by atoms with van der Waals surface area (Å²) >= 11 is 12.1. The maximum Gasteiger partial charge on any atom is 0.339 e. The van der Waals surface area contributed by atoms with Crippen LogP contribution >= 0.6 is 23.2 Å². The number of nitrogens with zero attached hydrogens (tertiary/aromatic N) is 1. The molecule has 168 valence electrons. The first-order chi connectivity index (χ1) is 14.5. The molecule has 0 aliphatic carbocycles. The number of carbonyl (C=O) groups excluding carboxylic acids is 2. The van der Waals surface area contributed by atoms with Gasteiger partial charge in [-0.15, -0.1) is 0 Å². The van der Waals surface area contributed by atoms with E-state index in [0.717, 1.165) is 11.8 Å². The van der Waals surface area contributed by atoms with Crippen molar-refractivity contribution in [1.29, 1.82) is 0 Å². The molecule has 1 amide bonds. The van der Waals surface area contributed by atoms with Crippen molar-refractivity contribution in [3.63, 3.8) is 0 Å². The molecule has 2 aromatic rings. The summed E-state index contributed by atoms with van der Waals surface area (Å²) in [6.07, 6.45) is 1.49. The van der Waals surface area contributed by atoms with E-state index in [1.165, 1.54) is 16.4 Å². The highest BCUT2D eigenvalue weighted by Gasteiger charge is 2.20. The number of sulfonamides is 1. The number of hydrogen-bond acceptors (Lipinski definition) is 5. The summed E-state index contributed by atoms with van der Waals surface area (Å²) in [5.41, 5.74) is 1.88. The van der Waals surface area contributed by atoms with Crippen LogP contribution in [-0.4, -0.2) is 39.7 Å². The Morgan fingerprint density at radius 2 is 1.84 bits per heavy atom. The summed E-state index contributed by atoms with van der Waals surface area (Å²) in [5.74, 6) is -0.848. The lowest BCUT2D eigenvalue weighted by molar-refractivity contribution is -0.116. The quantitative estimate of drug-likeness (QED) is 0.520. The summed E-state index contributed by atoms with van der Waals surface area (Å²) in [6, 6.07) is 9.51. The minimum absolute atomic E-state index is 0.0862. The van der Waals surface area contributed by atoms with E-state index in [1.807, 2.05) is 0 Å². The van der Waals surface area contributed by atoms with Crippen molar-refractivity contribution in [1.82, 2.24) is 0 Å². The predicted octanol–water partition coefficient (Wildman–Crippen LogP) is 4.66. The molecule has 0 heterocycles. The molecule has 0 aliphatic rings. The van der Waals surface area contributed by atoms with Crippen molar-refractivity contribution >= 4 is 56.5 Å². The molecule has 0 fully saturated rings. The summed E-state index contributed by atoms with van der Waals surface area (Å²) in [5, 5.41) is 3.28. The number of anilines is 2. The summed E-state index contributed by atoms with van der Waals surface area (Å²) < 4.78 is 30.7. The first-order valence-electron chi connectivity index (χ1n) is 9.53. The maximum absolute atomic E-state index is 12.3. The first-order valence-corrected chi connectivity index (χ1v) is 12.1. The first kappa shape index (κ1) is 25.0. The molecule has 0 saturated carbocycles. The predicted molar refractivity (Wildman–Crippen MR) is 124 cm³/mol. The zero-order chi connectivity index (χ0) is 23.2. The average Bonchev–Trinajstić information content (AvgIpc) is 2.66. The number of aryl methyl sites for hydroxylation is 1. The van der Waals surface area contributed by atoms with E-state index in [0.29, 0.717) is 22.8 Å². The molecule has 0 aliphatic heterocycles. The van der Waals surface area contributed by atoms with Gasteiger partial charge in [-0.2, -0.15) is 0 Å². The lowest BCUT2D eigenvalue weighted by Crippen LogP contribution is -2.32. The molecule has 1 N–H and O–H groups in total. The van der Waals surface area contributed by atoms with Crippen LogP contribution in [0.2, 0.25) is 10.0 Å². The Morgan fingerprint density at radius 1 is 1.13 bits per heavy atom. The molecule has 31 heavy (non-hydrogen) atoms. The fraction of sp³-hybridized carbons (Fsp3) is 0.333. The maximum atomic E-state index is 12.3. The summed E-state index contributed by atoms with van der Waals surface area (Å²) in [7, 11) is -3.56. The Kier molecular flexibility index (Phi) is 8.73. The van der Waals surface area contributed by atoms with E-state index < -0.39 is 16.0 Å². The van der Waals surface area contributed by atoms with Crippen molar-refractivity contribution in [3.05, 3.63) is 57.6 Å². The summed E-state index contributed by atoms with van der Waals surface area (Å²) in [6.45, 7) is 3.84. The highest BCUT2D eigenvalue weighted by atomic mass is 35.5. The molecule has 0 aromatic heterocycles. The second-order valence-corrected chi connectivity index (χ2v) is 9.58. The van der Waals surface area contributed by atoms with Gasteiger partial charge in [0.2, 0.25) is 15.9 Å². The number of rotatable bonds is 9. The molecule has 0 unspecified atom stereocenters. The molecule has 0 saturated heterocycles. The normalized spacial score (nSPS) is 11.1. The van der Waals surface area contributed by atoms with Crippen LogP contribution in [0.15, 0.2) is 36.4 Å². The topological polar surface area (TPSA) is 92.8 Å². The largest absolute Gasteiger partial charge is 0.462 e. The number of carbonyl (C=O) groups is 2. The molecule has 0 radical (unpaired) electrons. The van der Waals surface area contributed by atoms with Gasteiger partial charge in [-0.05, 0) is 56.2 Å². The molecule has 0 bridgehead atoms. The molecule has 0 spiro atoms. The van der Waals surface area contributed by atoms with Crippen LogP contribution in [0, 0.1) is 6.92 Å². The number of halogens is 2. The summed E-state index contributed by atoms with van der Waals surface area (Å²) in [4.78, 5) is 24.1. The third-order valence-corrected chi connectivity index (χ3v) is 6.08. The molecular formula is C21H24Cl2N2O5S. The van der Waals surface area contributed by atoms with Gasteiger partial charge in [0.05, 0.1) is 29.1 Å². The van der Waals surface area contributed by atoms with E-state index in [-0.39, 0.29) is 36.1 Å². The van der Waals surface area contributed by atoms with Gasteiger partial charge in [0.25, 0.3) is 0 Å². The highest BCUT2D eigenvalue weighted by Crippen LogP contribution is 2.27. The standard InChI is InChI=1S/C21H24Cl2N2O5S/c1-4-30-21(27)17-10-9-16(13-18(17)23)24-20(26)6-5-11-25(31(3,28)29)19-12-15(22)8-7-14(19)2/h7-10,12-13H,4-6,11H2,1-3H3,(H,24,26). The van der Waals surface area contributed by atoms with Crippen molar-refractivity contribution < 1.29 is 22.7 Å². The SMILES string of the molecule is CCOC(=O)c1ccc(NC(=O)CCCN(c2cc(Cl)ccc2C)S(C)(=O)=O)cc1Cl. The van der Waals surface area contributed by atoms with Crippen LogP contribution in [0.5, 0.6) is 0 Å². The van der Waals surface area contributed by atoms with Crippen molar-refractivity contribution in [2.24, 2.45) is 0 Å². The van der Waals surface area contributed by atoms with Crippen LogP contribution in [0.1, 0.15) is 35.7 Å². The van der Waals surface area contributed by atoms with Gasteiger partial charge in [-0.3, -0.25) is 9.10 Å². The van der Waals surface area contributed by atoms with Crippen LogP contribution in [0.3, 0.4) is 0 Å². The smallest absolute Gasteiger partial charge is 0.339 e. The molecule has 7 nitrogen and oxygen atoms in total. The van der Waals surface area contributed by atoms with E-state index in [9.17, 15) is 18.0 Å². The lowest BCUT2D eigenvalue weighted by Gasteiger charge is -2.24. The molecule has 2 rings (SSSR count). The zero-order valence-corrected chi connectivity index (χ0v) is 19.8. The van der Waals surface area contributed by atoms with E-state index in [2.05, 4.69) is 5.32 Å². The molecule has 10 heteroatoms. The number of benzene rings is 2. The third kappa shape index (κ3) is 7.12. The monoisotopic (exact) mass is 486 g/mol. The Bertz CT molecular complexity index is 1070. The van der Waals surface area contributed by atoms with Gasteiger partial charge in [0.1, 0.15) is 0 Å². The third-order valence-electron chi connectivity index (χ3n) is 4.35. The lowest BCUT2D eigenvalue weighted by atomic mass is 10.2. The molecule has 2 aromatic carbocycles. The fourth-order valence-electron chi connectivity index (χ4n) is 2.89. The number of ether oxygens (including phenoxy) is 1. The fourth-order valence-corrected chi connectivity index (χ4v) is 4.33. The molecular weight excluding hydrogens is 463 g/mol. The number of nitrogens with one attached hydrogen (secondary N) is 1. The van der Waals surface area contributed by atoms with Gasteiger partial charge in [0, 0.05) is 23.7 Å². The second-order valence-electron chi connectivity index (χ2n) is 6.83. The van der Waals surface area contributed by atoms with E-state index in [1.54, 1.807) is 38.1 Å². The van der Waals surface area contributed by atoms with Gasteiger partial charge < -0.3 is 10.1 Å². The van der Waals surface area contributed by atoms with Gasteiger partial charge in [-0.25, -0.2) is 13.2 Å². The average molecular weight is 487 g/mol. The Balaban J connectivity index is 2.01. The van der Waals surface area contributed by atoms with Crippen molar-refractivity contribution in [2.75, 3.05) is 29.0 Å². The minimum Gasteiger partial charge on any atom is -0.462 e.